The summed E-state index contributed by atoms with van der Waals surface area (Å²) in [6.45, 7) is 9.16. The van der Waals surface area contributed by atoms with E-state index in [1.54, 1.807) is 0 Å². The first kappa shape index (κ1) is 21.3. The van der Waals surface area contributed by atoms with Crippen LogP contribution >= 0.6 is 0 Å². The van der Waals surface area contributed by atoms with Crippen molar-refractivity contribution < 1.29 is 9.59 Å². The molecule has 0 spiro atoms. The molecule has 154 valence electrons. The fourth-order valence-electron chi connectivity index (χ4n) is 5.12. The van der Waals surface area contributed by atoms with Crippen LogP contribution in [0.3, 0.4) is 0 Å². The smallest absolute Gasteiger partial charge is 0.220 e. The Morgan fingerprint density at radius 2 is 1.90 bits per heavy atom. The van der Waals surface area contributed by atoms with Crippen molar-refractivity contribution in [3.63, 3.8) is 0 Å². The monoisotopic (exact) mass is 391 g/mol. The lowest BCUT2D eigenvalue weighted by Gasteiger charge is -2.43. The van der Waals surface area contributed by atoms with Gasteiger partial charge < -0.3 is 10.1 Å². The molecule has 0 unspecified atom stereocenters. The van der Waals surface area contributed by atoms with Gasteiger partial charge in [-0.25, -0.2) is 0 Å². The Labute approximate surface area is 174 Å². The van der Waals surface area contributed by atoms with Crippen LogP contribution in [0.25, 0.3) is 0 Å². The summed E-state index contributed by atoms with van der Waals surface area (Å²) in [6.07, 6.45) is 3.34. The van der Waals surface area contributed by atoms with E-state index < -0.39 is 5.41 Å². The van der Waals surface area contributed by atoms with Gasteiger partial charge in [-0.2, -0.15) is 0 Å². The number of carbonyl (C=O) groups excluding carboxylic acids is 2. The molecule has 1 aliphatic rings. The largest absolute Gasteiger partial charge is 0.356 e. The highest BCUT2D eigenvalue weighted by Gasteiger charge is 2.50. The third-order valence-electron chi connectivity index (χ3n) is 6.51. The minimum atomic E-state index is -0.735. The summed E-state index contributed by atoms with van der Waals surface area (Å²) in [6, 6.07) is 16.6. The van der Waals surface area contributed by atoms with E-state index in [9.17, 15) is 9.59 Å². The third-order valence-corrected chi connectivity index (χ3v) is 6.51. The first-order valence-corrected chi connectivity index (χ1v) is 10.8. The molecule has 0 bridgehead atoms. The third kappa shape index (κ3) is 4.14. The molecule has 2 aromatic carbocycles. The number of nitrogens with one attached hydrogen (secondary N) is 1. The fourth-order valence-corrected chi connectivity index (χ4v) is 5.12. The van der Waals surface area contributed by atoms with E-state index in [0.29, 0.717) is 18.9 Å². The van der Waals surface area contributed by atoms with Gasteiger partial charge in [0, 0.05) is 18.9 Å². The molecule has 1 aliphatic heterocycles. The second kappa shape index (κ2) is 8.94. The van der Waals surface area contributed by atoms with Gasteiger partial charge in [-0.15, -0.1) is 0 Å². The van der Waals surface area contributed by atoms with Gasteiger partial charge >= 0.3 is 0 Å². The van der Waals surface area contributed by atoms with Crippen molar-refractivity contribution in [1.82, 2.24) is 5.32 Å². The minimum Gasteiger partial charge on any atom is -0.356 e. The van der Waals surface area contributed by atoms with Crippen LogP contribution < -0.4 is 5.32 Å². The Balaban J connectivity index is 2.28. The Kier molecular flexibility index (Phi) is 6.56. The maximum Gasteiger partial charge on any atom is 0.220 e. The average Bonchev–Trinajstić information content (AvgIpc) is 2.85. The summed E-state index contributed by atoms with van der Waals surface area (Å²) in [5.74, 6) is 0.321. The van der Waals surface area contributed by atoms with Gasteiger partial charge in [0.05, 0.1) is 5.41 Å². The van der Waals surface area contributed by atoms with Gasteiger partial charge in [-0.05, 0) is 53.9 Å². The first-order valence-electron chi connectivity index (χ1n) is 10.8. The van der Waals surface area contributed by atoms with Crippen LogP contribution in [0.5, 0.6) is 0 Å². The van der Waals surface area contributed by atoms with Crippen molar-refractivity contribution >= 4 is 12.2 Å². The molecular weight excluding hydrogens is 358 g/mol. The molecule has 3 nitrogen and oxygen atoms in total. The van der Waals surface area contributed by atoms with E-state index in [0.717, 1.165) is 35.8 Å². The lowest BCUT2D eigenvalue weighted by atomic mass is 9.58. The van der Waals surface area contributed by atoms with Crippen LogP contribution in [0.1, 0.15) is 61.8 Å². The Hall–Kier alpha value is -2.42. The van der Waals surface area contributed by atoms with Gasteiger partial charge in [-0.3, -0.25) is 4.79 Å². The van der Waals surface area contributed by atoms with E-state index in [2.05, 4.69) is 63.3 Å². The number of aldehydes is 1. The summed E-state index contributed by atoms with van der Waals surface area (Å²) in [7, 11) is 0. The number of benzene rings is 2. The van der Waals surface area contributed by atoms with Crippen LogP contribution in [0.2, 0.25) is 0 Å². The molecule has 1 N–H and O–H groups in total. The molecule has 0 aliphatic carbocycles. The van der Waals surface area contributed by atoms with Crippen molar-refractivity contribution in [3.05, 3.63) is 70.8 Å². The second-order valence-corrected chi connectivity index (χ2v) is 8.85. The number of amides is 1. The van der Waals surface area contributed by atoms with Crippen LogP contribution in [0.4, 0.5) is 0 Å². The first-order chi connectivity index (χ1) is 13.9. The van der Waals surface area contributed by atoms with Crippen molar-refractivity contribution in [1.29, 1.82) is 0 Å². The minimum absolute atomic E-state index is 0.0270. The van der Waals surface area contributed by atoms with E-state index in [4.69, 9.17) is 0 Å². The van der Waals surface area contributed by atoms with Crippen molar-refractivity contribution in [2.75, 3.05) is 6.54 Å². The Morgan fingerprint density at radius 1 is 1.17 bits per heavy atom. The summed E-state index contributed by atoms with van der Waals surface area (Å²) < 4.78 is 0. The van der Waals surface area contributed by atoms with Crippen LogP contribution in [-0.4, -0.2) is 18.7 Å². The highest BCUT2D eigenvalue weighted by Crippen LogP contribution is 2.49. The quantitative estimate of drug-likeness (QED) is 0.708. The zero-order valence-corrected chi connectivity index (χ0v) is 18.1. The molecule has 1 amide bonds. The maximum atomic E-state index is 13.1. The van der Waals surface area contributed by atoms with Crippen molar-refractivity contribution in [2.45, 2.75) is 58.3 Å². The highest BCUT2D eigenvalue weighted by atomic mass is 16.1. The molecular formula is C26H33NO2. The van der Waals surface area contributed by atoms with Crippen LogP contribution in [0.15, 0.2) is 48.5 Å². The SMILES string of the molecule is CCc1ccc([C@]2(C=O)[C@H](CC(C)C)CNC(=O)C[C@@H]2c2ccccc2)c(C)c1. The molecule has 0 saturated carbocycles. The molecule has 1 fully saturated rings. The van der Waals surface area contributed by atoms with Gasteiger partial charge in [0.25, 0.3) is 0 Å². The van der Waals surface area contributed by atoms with E-state index in [1.165, 1.54) is 5.56 Å². The topological polar surface area (TPSA) is 46.2 Å². The number of hydrogen-bond acceptors (Lipinski definition) is 2. The second-order valence-electron chi connectivity index (χ2n) is 8.85. The van der Waals surface area contributed by atoms with E-state index in [1.807, 2.05) is 18.2 Å². The maximum absolute atomic E-state index is 13.1. The molecule has 1 heterocycles. The average molecular weight is 392 g/mol. The predicted molar refractivity (Wildman–Crippen MR) is 118 cm³/mol. The Bertz CT molecular complexity index is 858. The standard InChI is InChI=1S/C26H33NO2/c1-5-20-11-12-23(19(4)14-20)26(17-28)22(13-18(2)3)16-27-25(29)15-24(26)21-9-7-6-8-10-21/h6-12,14,17-18,22,24H,5,13,15-16H2,1-4H3,(H,27,29)/t22-,24-,26+/m1/s1. The van der Waals surface area contributed by atoms with Crippen LogP contribution in [-0.2, 0) is 21.4 Å². The fraction of sp³-hybridized carbons (Fsp3) is 0.462. The lowest BCUT2D eigenvalue weighted by Crippen LogP contribution is -2.45. The molecule has 2 aromatic rings. The zero-order valence-electron chi connectivity index (χ0n) is 18.1. The Morgan fingerprint density at radius 3 is 2.48 bits per heavy atom. The van der Waals surface area contributed by atoms with Gasteiger partial charge in [0.2, 0.25) is 5.91 Å². The highest BCUT2D eigenvalue weighted by molar-refractivity contribution is 5.82. The van der Waals surface area contributed by atoms with Crippen LogP contribution in [0, 0.1) is 18.8 Å². The summed E-state index contributed by atoms with van der Waals surface area (Å²) >= 11 is 0. The molecule has 0 aromatic heterocycles. The zero-order chi connectivity index (χ0) is 21.0. The van der Waals surface area contributed by atoms with Gasteiger partial charge in [0.1, 0.15) is 6.29 Å². The molecule has 3 heteroatoms. The van der Waals surface area contributed by atoms with E-state index in [-0.39, 0.29) is 17.7 Å². The summed E-state index contributed by atoms with van der Waals surface area (Å²) in [5, 5.41) is 3.10. The molecule has 3 atom stereocenters. The van der Waals surface area contributed by atoms with Crippen molar-refractivity contribution in [3.8, 4) is 0 Å². The van der Waals surface area contributed by atoms with Gasteiger partial charge in [-0.1, -0.05) is 69.3 Å². The lowest BCUT2D eigenvalue weighted by molar-refractivity contribution is -0.121. The number of carbonyl (C=O) groups is 2. The normalized spacial score (nSPS) is 24.8. The molecule has 3 rings (SSSR count). The molecule has 1 saturated heterocycles. The molecule has 29 heavy (non-hydrogen) atoms. The van der Waals surface area contributed by atoms with E-state index >= 15 is 0 Å². The van der Waals surface area contributed by atoms with Gasteiger partial charge in [0.15, 0.2) is 0 Å². The number of hydrogen-bond donors (Lipinski definition) is 1. The summed E-state index contributed by atoms with van der Waals surface area (Å²) in [4.78, 5) is 25.8. The molecule has 0 radical (unpaired) electrons. The van der Waals surface area contributed by atoms with Crippen molar-refractivity contribution in [2.24, 2.45) is 11.8 Å². The number of aryl methyl sites for hydroxylation is 2. The number of rotatable bonds is 6. The predicted octanol–water partition coefficient (Wildman–Crippen LogP) is 4.96. The summed E-state index contributed by atoms with van der Waals surface area (Å²) in [5.41, 5.74) is 3.80.